The summed E-state index contributed by atoms with van der Waals surface area (Å²) >= 11 is 0. The summed E-state index contributed by atoms with van der Waals surface area (Å²) in [6.07, 6.45) is 6.53. The van der Waals surface area contributed by atoms with Crippen LogP contribution in [-0.4, -0.2) is 42.4 Å². The second-order valence-electron chi connectivity index (χ2n) is 9.71. The molecule has 1 aliphatic rings. The van der Waals surface area contributed by atoms with E-state index in [2.05, 4.69) is 98.3 Å². The van der Waals surface area contributed by atoms with E-state index in [-0.39, 0.29) is 0 Å². The number of hydrogen-bond donors (Lipinski definition) is 0. The molecule has 0 saturated heterocycles. The van der Waals surface area contributed by atoms with Gasteiger partial charge in [0.25, 0.3) is 0 Å². The maximum atomic E-state index is 5.17. The SMILES string of the molecule is CCN(CC)c1ccc(-c2nc(C(C)C3CCCCC3)nnc2-c2ccc(N(C)C)cc2)cc1. The molecule has 34 heavy (non-hydrogen) atoms. The maximum absolute atomic E-state index is 5.17. The van der Waals surface area contributed by atoms with E-state index in [1.54, 1.807) is 0 Å². The van der Waals surface area contributed by atoms with Crippen molar-refractivity contribution in [1.29, 1.82) is 0 Å². The molecule has 3 aromatic rings. The van der Waals surface area contributed by atoms with Crippen LogP contribution in [0.25, 0.3) is 22.5 Å². The van der Waals surface area contributed by atoms with Crippen LogP contribution in [-0.2, 0) is 0 Å². The molecule has 1 aromatic heterocycles. The summed E-state index contributed by atoms with van der Waals surface area (Å²) in [4.78, 5) is 9.64. The monoisotopic (exact) mass is 457 g/mol. The maximum Gasteiger partial charge on any atom is 0.154 e. The summed E-state index contributed by atoms with van der Waals surface area (Å²) in [5.74, 6) is 1.86. The number of aromatic nitrogens is 3. The van der Waals surface area contributed by atoms with Crippen molar-refractivity contribution in [3.05, 3.63) is 54.4 Å². The highest BCUT2D eigenvalue weighted by atomic mass is 15.2. The van der Waals surface area contributed by atoms with E-state index in [0.29, 0.717) is 11.8 Å². The second-order valence-corrected chi connectivity index (χ2v) is 9.71. The first-order chi connectivity index (χ1) is 16.5. The molecule has 4 rings (SSSR count). The first-order valence-corrected chi connectivity index (χ1v) is 12.9. The average molecular weight is 458 g/mol. The Morgan fingerprint density at radius 2 is 1.32 bits per heavy atom. The predicted molar refractivity (Wildman–Crippen MR) is 144 cm³/mol. The molecular formula is C29H39N5. The quantitative estimate of drug-likeness (QED) is 0.372. The molecule has 0 aliphatic heterocycles. The smallest absolute Gasteiger partial charge is 0.154 e. The van der Waals surface area contributed by atoms with Gasteiger partial charge in [-0.15, -0.1) is 10.2 Å². The van der Waals surface area contributed by atoms with E-state index >= 15 is 0 Å². The third kappa shape index (κ3) is 5.24. The highest BCUT2D eigenvalue weighted by Gasteiger charge is 2.25. The molecule has 2 aromatic carbocycles. The molecule has 1 unspecified atom stereocenters. The fourth-order valence-corrected chi connectivity index (χ4v) is 5.11. The van der Waals surface area contributed by atoms with Gasteiger partial charge in [0, 0.05) is 55.6 Å². The van der Waals surface area contributed by atoms with E-state index in [9.17, 15) is 0 Å². The summed E-state index contributed by atoms with van der Waals surface area (Å²) in [6, 6.07) is 17.3. The van der Waals surface area contributed by atoms with Crippen molar-refractivity contribution in [2.45, 2.75) is 58.8 Å². The van der Waals surface area contributed by atoms with Crippen LogP contribution >= 0.6 is 0 Å². The molecule has 0 bridgehead atoms. The lowest BCUT2D eigenvalue weighted by Crippen LogP contribution is -2.21. The minimum absolute atomic E-state index is 0.326. The summed E-state index contributed by atoms with van der Waals surface area (Å²) < 4.78 is 0. The molecule has 0 N–H and O–H groups in total. The van der Waals surface area contributed by atoms with Crippen molar-refractivity contribution >= 4 is 11.4 Å². The van der Waals surface area contributed by atoms with Gasteiger partial charge in [-0.05, 0) is 56.9 Å². The second kappa shape index (κ2) is 11.0. The Labute approximate surface area is 205 Å². The Morgan fingerprint density at radius 3 is 1.88 bits per heavy atom. The van der Waals surface area contributed by atoms with Crippen molar-refractivity contribution in [1.82, 2.24) is 15.2 Å². The minimum atomic E-state index is 0.326. The number of hydrogen-bond acceptors (Lipinski definition) is 5. The number of benzene rings is 2. The van der Waals surface area contributed by atoms with Gasteiger partial charge in [-0.1, -0.05) is 50.5 Å². The van der Waals surface area contributed by atoms with Gasteiger partial charge in [0.15, 0.2) is 5.82 Å². The molecule has 0 spiro atoms. The van der Waals surface area contributed by atoms with Gasteiger partial charge in [0.05, 0.1) is 0 Å². The number of anilines is 2. The fraction of sp³-hybridized carbons (Fsp3) is 0.483. The molecule has 5 heteroatoms. The standard InChI is InChI=1S/C29H39N5/c1-6-34(7-2)26-19-15-23(16-20-26)27-28(24-13-17-25(18-14-24)33(4)5)31-32-29(30-27)21(3)22-11-9-8-10-12-22/h13-22H,6-12H2,1-5H3. The van der Waals surface area contributed by atoms with Crippen LogP contribution in [0, 0.1) is 5.92 Å². The molecule has 0 radical (unpaired) electrons. The van der Waals surface area contributed by atoms with Crippen LogP contribution in [0.5, 0.6) is 0 Å². The summed E-state index contributed by atoms with van der Waals surface area (Å²) in [7, 11) is 4.11. The lowest BCUT2D eigenvalue weighted by molar-refractivity contribution is 0.308. The zero-order chi connectivity index (χ0) is 24.1. The highest BCUT2D eigenvalue weighted by Crippen LogP contribution is 2.36. The summed E-state index contributed by atoms with van der Waals surface area (Å²) in [5, 5.41) is 9.44. The minimum Gasteiger partial charge on any atom is -0.378 e. The van der Waals surface area contributed by atoms with Crippen LogP contribution in [0.1, 0.15) is 64.6 Å². The van der Waals surface area contributed by atoms with Crippen LogP contribution in [0.4, 0.5) is 11.4 Å². The Kier molecular flexibility index (Phi) is 7.81. The van der Waals surface area contributed by atoms with Gasteiger partial charge in [0.2, 0.25) is 0 Å². The van der Waals surface area contributed by atoms with Crippen molar-refractivity contribution in [2.75, 3.05) is 37.0 Å². The topological polar surface area (TPSA) is 45.2 Å². The van der Waals surface area contributed by atoms with Gasteiger partial charge in [-0.2, -0.15) is 0 Å². The van der Waals surface area contributed by atoms with E-state index in [4.69, 9.17) is 10.1 Å². The molecule has 1 heterocycles. The van der Waals surface area contributed by atoms with Crippen molar-refractivity contribution in [2.24, 2.45) is 5.92 Å². The van der Waals surface area contributed by atoms with Crippen LogP contribution < -0.4 is 9.80 Å². The van der Waals surface area contributed by atoms with Gasteiger partial charge >= 0.3 is 0 Å². The zero-order valence-electron chi connectivity index (χ0n) is 21.5. The van der Waals surface area contributed by atoms with E-state index in [1.165, 1.54) is 37.8 Å². The van der Waals surface area contributed by atoms with Gasteiger partial charge in [-0.25, -0.2) is 4.98 Å². The third-order valence-electron chi connectivity index (χ3n) is 7.39. The van der Waals surface area contributed by atoms with Crippen molar-refractivity contribution in [3.8, 4) is 22.5 Å². The molecule has 0 amide bonds. The fourth-order valence-electron chi connectivity index (χ4n) is 5.11. The molecule has 180 valence electrons. The molecular weight excluding hydrogens is 418 g/mol. The van der Waals surface area contributed by atoms with E-state index in [1.807, 2.05) is 0 Å². The molecule has 1 fully saturated rings. The molecule has 5 nitrogen and oxygen atoms in total. The Hall–Kier alpha value is -2.95. The molecule has 1 saturated carbocycles. The van der Waals surface area contributed by atoms with Crippen molar-refractivity contribution in [3.63, 3.8) is 0 Å². The normalized spacial score (nSPS) is 15.2. The number of nitrogens with zero attached hydrogens (tertiary/aromatic N) is 5. The Bertz CT molecular complexity index is 1050. The van der Waals surface area contributed by atoms with E-state index < -0.39 is 0 Å². The van der Waals surface area contributed by atoms with Crippen LogP contribution in [0.2, 0.25) is 0 Å². The predicted octanol–water partition coefficient (Wildman–Crippen LogP) is 6.80. The Balaban J connectivity index is 1.75. The van der Waals surface area contributed by atoms with Crippen molar-refractivity contribution < 1.29 is 0 Å². The van der Waals surface area contributed by atoms with Gasteiger partial charge in [-0.3, -0.25) is 0 Å². The lowest BCUT2D eigenvalue weighted by atomic mass is 9.80. The largest absolute Gasteiger partial charge is 0.378 e. The lowest BCUT2D eigenvalue weighted by Gasteiger charge is -2.26. The zero-order valence-corrected chi connectivity index (χ0v) is 21.5. The average Bonchev–Trinajstić information content (AvgIpc) is 2.89. The van der Waals surface area contributed by atoms with Gasteiger partial charge in [0.1, 0.15) is 11.4 Å². The van der Waals surface area contributed by atoms with Crippen LogP contribution in [0.3, 0.4) is 0 Å². The first kappa shape index (κ1) is 24.2. The summed E-state index contributed by atoms with van der Waals surface area (Å²) in [6.45, 7) is 8.67. The van der Waals surface area contributed by atoms with E-state index in [0.717, 1.165) is 47.1 Å². The van der Waals surface area contributed by atoms with Gasteiger partial charge < -0.3 is 9.80 Å². The first-order valence-electron chi connectivity index (χ1n) is 12.9. The molecule has 1 aliphatic carbocycles. The summed E-state index contributed by atoms with van der Waals surface area (Å²) in [5.41, 5.74) is 6.32. The highest BCUT2D eigenvalue weighted by molar-refractivity contribution is 5.79. The third-order valence-corrected chi connectivity index (χ3v) is 7.39. The Morgan fingerprint density at radius 1 is 0.765 bits per heavy atom. The molecule has 1 atom stereocenters. The number of rotatable bonds is 8. The van der Waals surface area contributed by atoms with Crippen LogP contribution in [0.15, 0.2) is 48.5 Å².